The first-order chi connectivity index (χ1) is 13.3. The summed E-state index contributed by atoms with van der Waals surface area (Å²) in [6.45, 7) is 0. The van der Waals surface area contributed by atoms with Crippen molar-refractivity contribution in [1.29, 1.82) is 0 Å². The van der Waals surface area contributed by atoms with Gasteiger partial charge in [-0.1, -0.05) is 12.1 Å². The third kappa shape index (κ3) is 4.07. The van der Waals surface area contributed by atoms with Crippen LogP contribution in [0.5, 0.6) is 11.5 Å². The summed E-state index contributed by atoms with van der Waals surface area (Å²) in [6, 6.07) is 13.2. The van der Waals surface area contributed by atoms with Crippen LogP contribution in [0.4, 0.5) is 16.3 Å². The summed E-state index contributed by atoms with van der Waals surface area (Å²) in [7, 11) is 0. The molecule has 0 radical (unpaired) electrons. The maximum atomic E-state index is 11.6. The average molecular weight is 381 g/mol. The minimum absolute atomic E-state index is 0.0408. The molecule has 10 heteroatoms. The van der Waals surface area contributed by atoms with Crippen molar-refractivity contribution in [3.05, 3.63) is 70.3 Å². The van der Waals surface area contributed by atoms with Crippen molar-refractivity contribution in [2.45, 2.75) is 0 Å². The van der Waals surface area contributed by atoms with Gasteiger partial charge in [0.2, 0.25) is 0 Å². The van der Waals surface area contributed by atoms with Gasteiger partial charge in [-0.2, -0.15) is 0 Å². The summed E-state index contributed by atoms with van der Waals surface area (Å²) in [5.41, 5.74) is 11.6. The highest BCUT2D eigenvalue weighted by Gasteiger charge is 2.15. The Bertz CT molecular complexity index is 1060. The lowest BCUT2D eigenvalue weighted by atomic mass is 10.1. The molecule has 2 aromatic carbocycles. The number of aromatic nitrogens is 1. The molecular formula is C18H15N5O5. The molecular weight excluding hydrogens is 366 g/mol. The van der Waals surface area contributed by atoms with Gasteiger partial charge >= 0.3 is 6.03 Å². The molecule has 3 aromatic rings. The molecule has 0 saturated carbocycles. The topological polar surface area (TPSA) is 166 Å². The van der Waals surface area contributed by atoms with Crippen LogP contribution in [0.3, 0.4) is 0 Å². The van der Waals surface area contributed by atoms with Gasteiger partial charge in [-0.3, -0.25) is 20.2 Å². The van der Waals surface area contributed by atoms with Crippen LogP contribution in [-0.2, 0) is 0 Å². The second-order valence-corrected chi connectivity index (χ2v) is 5.71. The Balaban J connectivity index is 1.88. The standard InChI is InChI=1S/C18H15N5O5/c19-16(24)14-9-15(21-17(14)22-18(20)25)10-2-1-3-13(8-10)28-12-6-4-11(5-7-12)23(26)27/h1-9,21H,(H2,19,24)(H3,20,22,25). The summed E-state index contributed by atoms with van der Waals surface area (Å²) < 4.78 is 5.71. The zero-order valence-corrected chi connectivity index (χ0v) is 14.3. The summed E-state index contributed by atoms with van der Waals surface area (Å²) in [5.74, 6) is 0.246. The molecule has 0 unspecified atom stereocenters. The molecule has 10 nitrogen and oxygen atoms in total. The van der Waals surface area contributed by atoms with E-state index in [1.54, 1.807) is 24.3 Å². The van der Waals surface area contributed by atoms with Gasteiger partial charge < -0.3 is 21.2 Å². The highest BCUT2D eigenvalue weighted by atomic mass is 16.6. The van der Waals surface area contributed by atoms with Gasteiger partial charge in [-0.15, -0.1) is 0 Å². The molecule has 0 spiro atoms. The van der Waals surface area contributed by atoms with Crippen LogP contribution in [0.2, 0.25) is 0 Å². The monoisotopic (exact) mass is 381 g/mol. The number of benzene rings is 2. The smallest absolute Gasteiger partial charge is 0.317 e. The Morgan fingerprint density at radius 3 is 2.36 bits per heavy atom. The minimum atomic E-state index is -0.842. The number of amides is 3. The molecule has 3 rings (SSSR count). The number of nitro benzene ring substituents is 1. The maximum Gasteiger partial charge on any atom is 0.317 e. The third-order valence-corrected chi connectivity index (χ3v) is 3.76. The average Bonchev–Trinajstić information content (AvgIpc) is 3.06. The van der Waals surface area contributed by atoms with E-state index in [-0.39, 0.29) is 17.1 Å². The lowest BCUT2D eigenvalue weighted by molar-refractivity contribution is -0.384. The lowest BCUT2D eigenvalue weighted by Gasteiger charge is -2.07. The van der Waals surface area contributed by atoms with Crippen LogP contribution in [0.15, 0.2) is 54.6 Å². The van der Waals surface area contributed by atoms with Gasteiger partial charge in [0.05, 0.1) is 10.5 Å². The van der Waals surface area contributed by atoms with Crippen LogP contribution in [0.25, 0.3) is 11.3 Å². The zero-order chi connectivity index (χ0) is 20.3. The highest BCUT2D eigenvalue weighted by molar-refractivity contribution is 6.03. The fourth-order valence-electron chi connectivity index (χ4n) is 2.53. The Labute approximate surface area is 158 Å². The van der Waals surface area contributed by atoms with Gasteiger partial charge in [-0.05, 0) is 30.3 Å². The molecule has 28 heavy (non-hydrogen) atoms. The number of nitrogens with one attached hydrogen (secondary N) is 2. The van der Waals surface area contributed by atoms with Crippen molar-refractivity contribution in [2.75, 3.05) is 5.32 Å². The number of nitrogens with two attached hydrogens (primary N) is 2. The van der Waals surface area contributed by atoms with E-state index in [2.05, 4.69) is 10.3 Å². The van der Waals surface area contributed by atoms with Crippen molar-refractivity contribution in [2.24, 2.45) is 11.5 Å². The molecule has 0 aliphatic heterocycles. The van der Waals surface area contributed by atoms with Crippen LogP contribution in [0.1, 0.15) is 10.4 Å². The fraction of sp³-hybridized carbons (Fsp3) is 0. The van der Waals surface area contributed by atoms with Crippen LogP contribution in [-0.4, -0.2) is 21.8 Å². The van der Waals surface area contributed by atoms with Gasteiger partial charge in [0.15, 0.2) is 0 Å². The van der Waals surface area contributed by atoms with E-state index in [0.29, 0.717) is 22.8 Å². The number of hydrogen-bond acceptors (Lipinski definition) is 5. The SMILES string of the molecule is NC(=O)Nc1[nH]c(-c2cccc(Oc3ccc([N+](=O)[O-])cc3)c2)cc1C(N)=O. The Kier molecular flexibility index (Phi) is 4.94. The lowest BCUT2D eigenvalue weighted by Crippen LogP contribution is -2.22. The molecule has 1 aromatic heterocycles. The molecule has 142 valence electrons. The number of carbonyl (C=O) groups excluding carboxylic acids is 2. The first-order valence-electron chi connectivity index (χ1n) is 7.95. The quantitative estimate of drug-likeness (QED) is 0.380. The number of H-pyrrole nitrogens is 1. The van der Waals surface area contributed by atoms with E-state index in [4.69, 9.17) is 16.2 Å². The molecule has 3 amide bonds. The predicted molar refractivity (Wildman–Crippen MR) is 101 cm³/mol. The Hall–Kier alpha value is -4.34. The van der Waals surface area contributed by atoms with Crippen LogP contribution < -0.4 is 21.5 Å². The first kappa shape index (κ1) is 18.5. The third-order valence-electron chi connectivity index (χ3n) is 3.76. The molecule has 0 saturated heterocycles. The number of hydrogen-bond donors (Lipinski definition) is 4. The molecule has 0 aliphatic carbocycles. The second-order valence-electron chi connectivity index (χ2n) is 5.71. The van der Waals surface area contributed by atoms with Gasteiger partial charge in [0.25, 0.3) is 11.6 Å². The number of nitrogens with zero attached hydrogens (tertiary/aromatic N) is 1. The van der Waals surface area contributed by atoms with Crippen LogP contribution >= 0.6 is 0 Å². The number of anilines is 1. The van der Waals surface area contributed by atoms with Gasteiger partial charge in [-0.25, -0.2) is 4.79 Å². The van der Waals surface area contributed by atoms with Gasteiger partial charge in [0.1, 0.15) is 17.3 Å². The number of ether oxygens (including phenoxy) is 1. The minimum Gasteiger partial charge on any atom is -0.457 e. The molecule has 0 atom stereocenters. The van der Waals surface area contributed by atoms with Crippen molar-refractivity contribution in [1.82, 2.24) is 4.98 Å². The van der Waals surface area contributed by atoms with E-state index in [0.717, 1.165) is 0 Å². The predicted octanol–water partition coefficient (Wildman–Crippen LogP) is 2.97. The number of urea groups is 1. The molecule has 6 N–H and O–H groups in total. The number of nitro groups is 1. The summed E-state index contributed by atoms with van der Waals surface area (Å²) in [4.78, 5) is 35.8. The number of aromatic amines is 1. The van der Waals surface area contributed by atoms with Crippen molar-refractivity contribution in [3.63, 3.8) is 0 Å². The zero-order valence-electron chi connectivity index (χ0n) is 14.3. The maximum absolute atomic E-state index is 11.6. The second kappa shape index (κ2) is 7.50. The van der Waals surface area contributed by atoms with E-state index >= 15 is 0 Å². The number of non-ortho nitro benzene ring substituents is 1. The van der Waals surface area contributed by atoms with E-state index in [9.17, 15) is 19.7 Å². The van der Waals surface area contributed by atoms with Crippen molar-refractivity contribution < 1.29 is 19.2 Å². The highest BCUT2D eigenvalue weighted by Crippen LogP contribution is 2.30. The van der Waals surface area contributed by atoms with E-state index < -0.39 is 16.9 Å². The molecule has 0 aliphatic rings. The van der Waals surface area contributed by atoms with Crippen LogP contribution in [0, 0.1) is 10.1 Å². The summed E-state index contributed by atoms with van der Waals surface area (Å²) in [5, 5.41) is 13.0. The number of carbonyl (C=O) groups is 2. The van der Waals surface area contributed by atoms with Crippen molar-refractivity contribution in [3.8, 4) is 22.8 Å². The Morgan fingerprint density at radius 2 is 1.75 bits per heavy atom. The summed E-state index contributed by atoms with van der Waals surface area (Å²) in [6.07, 6.45) is 0. The van der Waals surface area contributed by atoms with E-state index in [1.165, 1.54) is 30.3 Å². The normalized spacial score (nSPS) is 10.3. The summed E-state index contributed by atoms with van der Waals surface area (Å²) >= 11 is 0. The van der Waals surface area contributed by atoms with Gasteiger partial charge in [0, 0.05) is 23.4 Å². The Morgan fingerprint density at radius 1 is 1.04 bits per heavy atom. The fourth-order valence-corrected chi connectivity index (χ4v) is 2.53. The van der Waals surface area contributed by atoms with Crippen molar-refractivity contribution >= 4 is 23.4 Å². The molecule has 0 fully saturated rings. The molecule has 1 heterocycles. The largest absolute Gasteiger partial charge is 0.457 e. The number of primary amides is 2. The van der Waals surface area contributed by atoms with E-state index in [1.807, 2.05) is 0 Å². The molecule has 0 bridgehead atoms. The number of rotatable bonds is 6. The first-order valence-corrected chi connectivity index (χ1v) is 7.95.